The molecule has 3 aromatic carbocycles. The van der Waals surface area contributed by atoms with Crippen molar-refractivity contribution in [2.45, 2.75) is 0 Å². The number of esters is 1. The number of nitrogens with zero attached hydrogens (tertiary/aromatic N) is 2. The second-order valence-corrected chi connectivity index (χ2v) is 7.43. The fourth-order valence-electron chi connectivity index (χ4n) is 3.38. The van der Waals surface area contributed by atoms with E-state index in [-0.39, 0.29) is 22.3 Å². The molecule has 0 N–H and O–H groups in total. The van der Waals surface area contributed by atoms with Crippen molar-refractivity contribution in [3.05, 3.63) is 105 Å². The standard InChI is InChI=1S/C24H13ClN2O5/c25-20-12-17(27(29)30)7-9-19(20)22-10-8-18(31-22)13-21-24(28)32-23(26-21)16-6-5-14-3-1-2-4-15(14)11-16/h1-13H/b21-13-. The number of hydrogen-bond donors (Lipinski definition) is 0. The number of nitro groups is 1. The van der Waals surface area contributed by atoms with Gasteiger partial charge in [-0.2, -0.15) is 0 Å². The minimum Gasteiger partial charge on any atom is -0.457 e. The summed E-state index contributed by atoms with van der Waals surface area (Å²) in [6.45, 7) is 0. The van der Waals surface area contributed by atoms with Gasteiger partial charge in [0.05, 0.1) is 9.95 Å². The van der Waals surface area contributed by atoms with Crippen LogP contribution in [0, 0.1) is 10.1 Å². The van der Waals surface area contributed by atoms with E-state index in [9.17, 15) is 14.9 Å². The van der Waals surface area contributed by atoms with Crippen molar-refractivity contribution in [3.63, 3.8) is 0 Å². The summed E-state index contributed by atoms with van der Waals surface area (Å²) in [6.07, 6.45) is 1.47. The molecular formula is C24H13ClN2O5. The Labute approximate surface area is 186 Å². The van der Waals surface area contributed by atoms with Crippen LogP contribution in [-0.4, -0.2) is 16.8 Å². The molecule has 4 aromatic rings. The number of halogens is 1. The first-order valence-corrected chi connectivity index (χ1v) is 9.91. The van der Waals surface area contributed by atoms with Gasteiger partial charge < -0.3 is 9.15 Å². The summed E-state index contributed by atoms with van der Waals surface area (Å²) in [4.78, 5) is 27.0. The van der Waals surface area contributed by atoms with Gasteiger partial charge in [-0.05, 0) is 41.1 Å². The number of cyclic esters (lactones) is 1. The van der Waals surface area contributed by atoms with Crippen LogP contribution in [0.3, 0.4) is 0 Å². The number of ether oxygens (including phenoxy) is 1. The smallest absolute Gasteiger partial charge is 0.363 e. The van der Waals surface area contributed by atoms with E-state index in [0.717, 1.165) is 10.8 Å². The van der Waals surface area contributed by atoms with E-state index in [1.54, 1.807) is 12.1 Å². The van der Waals surface area contributed by atoms with Crippen molar-refractivity contribution in [2.75, 3.05) is 0 Å². The number of nitro benzene ring substituents is 1. The van der Waals surface area contributed by atoms with Crippen molar-refractivity contribution in [3.8, 4) is 11.3 Å². The van der Waals surface area contributed by atoms with Crippen LogP contribution in [0.25, 0.3) is 28.2 Å². The number of rotatable bonds is 4. The zero-order valence-corrected chi connectivity index (χ0v) is 17.1. The maximum atomic E-state index is 12.3. The summed E-state index contributed by atoms with van der Waals surface area (Å²) in [5.41, 5.74) is 1.18. The zero-order chi connectivity index (χ0) is 22.2. The van der Waals surface area contributed by atoms with Gasteiger partial charge in [0.1, 0.15) is 11.5 Å². The summed E-state index contributed by atoms with van der Waals surface area (Å²) < 4.78 is 11.1. The molecule has 1 aliphatic heterocycles. The van der Waals surface area contributed by atoms with Gasteiger partial charge in [0, 0.05) is 29.3 Å². The maximum Gasteiger partial charge on any atom is 0.363 e. The van der Waals surface area contributed by atoms with Gasteiger partial charge in [-0.15, -0.1) is 0 Å². The normalized spacial score (nSPS) is 14.6. The molecule has 0 spiro atoms. The molecule has 156 valence electrons. The number of carbonyl (C=O) groups excluding carboxylic acids is 1. The molecular weight excluding hydrogens is 432 g/mol. The first kappa shape index (κ1) is 19.7. The number of furan rings is 1. The molecule has 32 heavy (non-hydrogen) atoms. The van der Waals surface area contributed by atoms with E-state index in [1.807, 2.05) is 42.5 Å². The Balaban J connectivity index is 1.44. The molecule has 7 nitrogen and oxygen atoms in total. The van der Waals surface area contributed by atoms with Crippen LogP contribution in [0.2, 0.25) is 5.02 Å². The minimum absolute atomic E-state index is 0.101. The van der Waals surface area contributed by atoms with Gasteiger partial charge in [-0.25, -0.2) is 9.79 Å². The Hall–Kier alpha value is -4.23. The second kappa shape index (κ2) is 7.79. The fraction of sp³-hybridized carbons (Fsp3) is 0. The van der Waals surface area contributed by atoms with Gasteiger partial charge in [0.25, 0.3) is 5.69 Å². The molecule has 1 aliphatic rings. The van der Waals surface area contributed by atoms with E-state index in [1.165, 1.54) is 24.3 Å². The molecule has 2 heterocycles. The van der Waals surface area contributed by atoms with Crippen LogP contribution in [0.15, 0.2) is 87.9 Å². The van der Waals surface area contributed by atoms with Crippen LogP contribution in [0.5, 0.6) is 0 Å². The summed E-state index contributed by atoms with van der Waals surface area (Å²) in [7, 11) is 0. The molecule has 1 aromatic heterocycles. The average molecular weight is 445 g/mol. The third-order valence-electron chi connectivity index (χ3n) is 4.95. The molecule has 0 aliphatic carbocycles. The van der Waals surface area contributed by atoms with Gasteiger partial charge in [-0.1, -0.05) is 41.9 Å². The van der Waals surface area contributed by atoms with Crippen molar-refractivity contribution >= 4 is 46.0 Å². The molecule has 0 bridgehead atoms. The van der Waals surface area contributed by atoms with Crippen molar-refractivity contribution < 1.29 is 18.9 Å². The van der Waals surface area contributed by atoms with Crippen molar-refractivity contribution in [1.82, 2.24) is 0 Å². The van der Waals surface area contributed by atoms with Crippen LogP contribution < -0.4 is 0 Å². The first-order chi connectivity index (χ1) is 15.5. The lowest BCUT2D eigenvalue weighted by Crippen LogP contribution is -2.05. The predicted octanol–water partition coefficient (Wildman–Crippen LogP) is 6.01. The molecule has 0 radical (unpaired) electrons. The third-order valence-corrected chi connectivity index (χ3v) is 5.26. The minimum atomic E-state index is -0.584. The Morgan fingerprint density at radius 2 is 1.78 bits per heavy atom. The van der Waals surface area contributed by atoms with Gasteiger partial charge in [0.2, 0.25) is 5.90 Å². The molecule has 0 fully saturated rings. The zero-order valence-electron chi connectivity index (χ0n) is 16.3. The Bertz CT molecular complexity index is 1470. The highest BCUT2D eigenvalue weighted by molar-refractivity contribution is 6.33. The number of non-ortho nitro benzene ring substituents is 1. The van der Waals surface area contributed by atoms with Crippen molar-refractivity contribution in [1.29, 1.82) is 0 Å². The number of aliphatic imine (C=N–C) groups is 1. The Morgan fingerprint density at radius 3 is 2.56 bits per heavy atom. The largest absolute Gasteiger partial charge is 0.457 e. The highest BCUT2D eigenvalue weighted by atomic mass is 35.5. The van der Waals surface area contributed by atoms with Crippen LogP contribution in [-0.2, 0) is 9.53 Å². The lowest BCUT2D eigenvalue weighted by molar-refractivity contribution is -0.384. The Morgan fingerprint density at radius 1 is 0.969 bits per heavy atom. The van der Waals surface area contributed by atoms with E-state index in [2.05, 4.69) is 4.99 Å². The van der Waals surface area contributed by atoms with E-state index in [0.29, 0.717) is 22.6 Å². The van der Waals surface area contributed by atoms with Gasteiger partial charge in [-0.3, -0.25) is 10.1 Å². The molecule has 0 saturated carbocycles. The van der Waals surface area contributed by atoms with E-state index >= 15 is 0 Å². The maximum absolute atomic E-state index is 12.3. The third kappa shape index (κ3) is 3.66. The van der Waals surface area contributed by atoms with Gasteiger partial charge in [0.15, 0.2) is 5.70 Å². The van der Waals surface area contributed by atoms with Crippen LogP contribution >= 0.6 is 11.6 Å². The Kier molecular flexibility index (Phi) is 4.80. The number of carbonyl (C=O) groups is 1. The number of hydrogen-bond acceptors (Lipinski definition) is 6. The topological polar surface area (TPSA) is 94.9 Å². The predicted molar refractivity (Wildman–Crippen MR) is 120 cm³/mol. The molecule has 5 rings (SSSR count). The fourth-order valence-corrected chi connectivity index (χ4v) is 3.65. The lowest BCUT2D eigenvalue weighted by Gasteiger charge is -2.02. The van der Waals surface area contributed by atoms with Crippen LogP contribution in [0.1, 0.15) is 11.3 Å². The monoisotopic (exact) mass is 444 g/mol. The average Bonchev–Trinajstić information content (AvgIpc) is 3.40. The first-order valence-electron chi connectivity index (χ1n) is 9.54. The van der Waals surface area contributed by atoms with Crippen molar-refractivity contribution in [2.24, 2.45) is 4.99 Å². The summed E-state index contributed by atoms with van der Waals surface area (Å²) in [6, 6.07) is 21.0. The molecule has 0 unspecified atom stereocenters. The van der Waals surface area contributed by atoms with E-state index in [4.69, 9.17) is 20.8 Å². The highest BCUT2D eigenvalue weighted by Gasteiger charge is 2.25. The highest BCUT2D eigenvalue weighted by Crippen LogP contribution is 2.33. The number of benzene rings is 3. The molecule has 0 amide bonds. The van der Waals surface area contributed by atoms with E-state index < -0.39 is 10.9 Å². The van der Waals surface area contributed by atoms with Gasteiger partial charge >= 0.3 is 5.97 Å². The number of fused-ring (bicyclic) bond motifs is 1. The quantitative estimate of drug-likeness (QED) is 0.166. The summed E-state index contributed by atoms with van der Waals surface area (Å²) in [5.74, 6) is 0.406. The summed E-state index contributed by atoms with van der Waals surface area (Å²) >= 11 is 6.16. The van der Waals surface area contributed by atoms with Crippen LogP contribution in [0.4, 0.5) is 5.69 Å². The molecule has 0 atom stereocenters. The SMILES string of the molecule is O=C1OC(c2ccc3ccccc3c2)=N/C1=C\c1ccc(-c2ccc([N+](=O)[O-])cc2Cl)o1. The molecule has 8 heteroatoms. The molecule has 0 saturated heterocycles. The second-order valence-electron chi connectivity index (χ2n) is 7.02. The summed E-state index contributed by atoms with van der Waals surface area (Å²) in [5, 5.41) is 13.2. The lowest BCUT2D eigenvalue weighted by atomic mass is 10.1.